The van der Waals surface area contributed by atoms with Gasteiger partial charge in [0.25, 0.3) is 5.91 Å². The highest BCUT2D eigenvalue weighted by Gasteiger charge is 2.49. The van der Waals surface area contributed by atoms with Gasteiger partial charge in [-0.1, -0.05) is 28.1 Å². The van der Waals surface area contributed by atoms with Crippen molar-refractivity contribution in [1.29, 1.82) is 0 Å². The Hall–Kier alpha value is -2.39. The Balaban J connectivity index is 1.77. The Labute approximate surface area is 171 Å². The molecule has 148 valence electrons. The van der Waals surface area contributed by atoms with Crippen molar-refractivity contribution in [2.75, 3.05) is 19.4 Å². The van der Waals surface area contributed by atoms with Crippen molar-refractivity contribution < 1.29 is 22.7 Å². The fourth-order valence-corrected chi connectivity index (χ4v) is 4.47. The summed E-state index contributed by atoms with van der Waals surface area (Å²) >= 11 is 3.26. The molecule has 1 saturated heterocycles. The summed E-state index contributed by atoms with van der Waals surface area (Å²) in [5.74, 6) is -0.220. The minimum Gasteiger partial charge on any atom is -0.497 e. The summed E-state index contributed by atoms with van der Waals surface area (Å²) in [5.41, 5.74) is -0.671. The predicted molar refractivity (Wildman–Crippen MR) is 107 cm³/mol. The SMILES string of the molecule is COc1ccc(C2(C)NC(=O)N(CCS(=O)(=O)c3ccc(Br)cc3)C2=O)cc1. The fourth-order valence-electron chi connectivity index (χ4n) is 2.99. The lowest BCUT2D eigenvalue weighted by atomic mass is 9.92. The van der Waals surface area contributed by atoms with Gasteiger partial charge in [-0.15, -0.1) is 0 Å². The summed E-state index contributed by atoms with van der Waals surface area (Å²) < 4.78 is 30.9. The largest absolute Gasteiger partial charge is 0.497 e. The van der Waals surface area contributed by atoms with Gasteiger partial charge in [0.2, 0.25) is 0 Å². The number of nitrogens with one attached hydrogen (secondary N) is 1. The molecule has 1 atom stereocenters. The van der Waals surface area contributed by atoms with E-state index < -0.39 is 27.3 Å². The number of rotatable bonds is 6. The van der Waals surface area contributed by atoms with E-state index in [-0.39, 0.29) is 17.2 Å². The quantitative estimate of drug-likeness (QED) is 0.660. The Morgan fingerprint density at radius 3 is 2.25 bits per heavy atom. The summed E-state index contributed by atoms with van der Waals surface area (Å²) in [6, 6.07) is 12.4. The molecule has 1 aliphatic heterocycles. The van der Waals surface area contributed by atoms with Crippen LogP contribution in [0.3, 0.4) is 0 Å². The van der Waals surface area contributed by atoms with Gasteiger partial charge >= 0.3 is 6.03 Å². The number of nitrogens with zero attached hydrogens (tertiary/aromatic N) is 1. The molecule has 0 saturated carbocycles. The highest BCUT2D eigenvalue weighted by atomic mass is 79.9. The van der Waals surface area contributed by atoms with Crippen LogP contribution in [-0.2, 0) is 20.2 Å². The van der Waals surface area contributed by atoms with E-state index in [0.717, 1.165) is 9.37 Å². The number of halogens is 1. The minimum absolute atomic E-state index is 0.140. The van der Waals surface area contributed by atoms with Gasteiger partial charge in [-0.05, 0) is 48.9 Å². The fraction of sp³-hybridized carbons (Fsp3) is 0.263. The van der Waals surface area contributed by atoms with Crippen LogP contribution in [0, 0.1) is 0 Å². The molecular weight excluding hydrogens is 448 g/mol. The van der Waals surface area contributed by atoms with Crippen LogP contribution in [0.4, 0.5) is 4.79 Å². The van der Waals surface area contributed by atoms with E-state index >= 15 is 0 Å². The summed E-state index contributed by atoms with van der Waals surface area (Å²) in [5, 5.41) is 2.66. The molecule has 3 amide bonds. The number of ether oxygens (including phenoxy) is 1. The maximum atomic E-state index is 12.9. The van der Waals surface area contributed by atoms with Crippen LogP contribution in [-0.4, -0.2) is 44.7 Å². The van der Waals surface area contributed by atoms with Crippen LogP contribution in [0.2, 0.25) is 0 Å². The lowest BCUT2D eigenvalue weighted by Gasteiger charge is -2.22. The molecule has 0 bridgehead atoms. The molecule has 2 aromatic carbocycles. The van der Waals surface area contributed by atoms with E-state index in [4.69, 9.17) is 4.74 Å². The zero-order valence-electron chi connectivity index (χ0n) is 15.3. The molecule has 0 aliphatic carbocycles. The Morgan fingerprint density at radius 2 is 1.68 bits per heavy atom. The van der Waals surface area contributed by atoms with Crippen molar-refractivity contribution in [3.8, 4) is 5.75 Å². The van der Waals surface area contributed by atoms with Crippen molar-refractivity contribution in [2.45, 2.75) is 17.4 Å². The van der Waals surface area contributed by atoms with Gasteiger partial charge in [0.15, 0.2) is 9.84 Å². The standard InChI is InChI=1S/C19H19BrN2O5S/c1-19(13-3-7-15(27-2)8-4-13)17(23)22(18(24)21-19)11-12-28(25,26)16-9-5-14(20)6-10-16/h3-10H,11-12H2,1-2H3,(H,21,24). The molecule has 0 spiro atoms. The van der Waals surface area contributed by atoms with E-state index in [1.807, 2.05) is 0 Å². The molecule has 1 aliphatic rings. The minimum atomic E-state index is -3.63. The van der Waals surface area contributed by atoms with Gasteiger partial charge in [-0.3, -0.25) is 9.69 Å². The van der Waals surface area contributed by atoms with E-state index in [2.05, 4.69) is 21.2 Å². The first-order valence-electron chi connectivity index (χ1n) is 8.44. The normalized spacial score (nSPS) is 19.6. The summed E-state index contributed by atoms with van der Waals surface area (Å²) in [7, 11) is -2.10. The van der Waals surface area contributed by atoms with Gasteiger partial charge in [0.05, 0.1) is 17.8 Å². The third-order valence-electron chi connectivity index (χ3n) is 4.70. The maximum Gasteiger partial charge on any atom is 0.325 e. The zero-order chi connectivity index (χ0) is 20.5. The number of hydrogen-bond donors (Lipinski definition) is 1. The number of amides is 3. The average molecular weight is 467 g/mol. The number of benzene rings is 2. The molecule has 0 radical (unpaired) electrons. The molecule has 9 heteroatoms. The van der Waals surface area contributed by atoms with Gasteiger partial charge in [-0.25, -0.2) is 13.2 Å². The first-order valence-corrected chi connectivity index (χ1v) is 10.9. The molecule has 1 unspecified atom stereocenters. The average Bonchev–Trinajstić information content (AvgIpc) is 2.90. The summed E-state index contributed by atoms with van der Waals surface area (Å²) in [6.07, 6.45) is 0. The highest BCUT2D eigenvalue weighted by molar-refractivity contribution is 9.10. The smallest absolute Gasteiger partial charge is 0.325 e. The molecular formula is C19H19BrN2O5S. The number of imide groups is 1. The van der Waals surface area contributed by atoms with Crippen LogP contribution >= 0.6 is 15.9 Å². The van der Waals surface area contributed by atoms with E-state index in [1.54, 1.807) is 43.3 Å². The predicted octanol–water partition coefficient (Wildman–Crippen LogP) is 2.70. The number of urea groups is 1. The molecule has 1 fully saturated rings. The number of methoxy groups -OCH3 is 1. The maximum absolute atomic E-state index is 12.9. The first-order chi connectivity index (χ1) is 13.2. The Kier molecular flexibility index (Phi) is 5.49. The van der Waals surface area contributed by atoms with Crippen LogP contribution in [0.1, 0.15) is 12.5 Å². The van der Waals surface area contributed by atoms with Gasteiger partial charge in [0, 0.05) is 11.0 Å². The van der Waals surface area contributed by atoms with Crippen LogP contribution in [0.5, 0.6) is 5.75 Å². The second-order valence-corrected chi connectivity index (χ2v) is 9.54. The number of hydrogen-bond acceptors (Lipinski definition) is 5. The summed E-state index contributed by atoms with van der Waals surface area (Å²) in [6.45, 7) is 1.37. The molecule has 3 rings (SSSR count). The topological polar surface area (TPSA) is 92.8 Å². The molecule has 2 aromatic rings. The van der Waals surface area contributed by atoms with Crippen LogP contribution in [0.25, 0.3) is 0 Å². The van der Waals surface area contributed by atoms with Crippen LogP contribution in [0.15, 0.2) is 57.9 Å². The number of carbonyl (C=O) groups excluding carboxylic acids is 2. The van der Waals surface area contributed by atoms with Crippen molar-refractivity contribution >= 4 is 37.7 Å². The monoisotopic (exact) mass is 466 g/mol. The third kappa shape index (κ3) is 3.77. The molecule has 1 N–H and O–H groups in total. The summed E-state index contributed by atoms with van der Waals surface area (Å²) in [4.78, 5) is 26.3. The first kappa shape index (κ1) is 20.3. The Bertz CT molecular complexity index is 1010. The van der Waals surface area contributed by atoms with E-state index in [9.17, 15) is 18.0 Å². The lowest BCUT2D eigenvalue weighted by molar-refractivity contribution is -0.130. The second kappa shape index (κ2) is 7.56. The molecule has 0 aromatic heterocycles. The third-order valence-corrected chi connectivity index (χ3v) is 6.94. The van der Waals surface area contributed by atoms with Gasteiger partial charge in [0.1, 0.15) is 11.3 Å². The van der Waals surface area contributed by atoms with Crippen molar-refractivity contribution in [3.63, 3.8) is 0 Å². The van der Waals surface area contributed by atoms with Crippen molar-refractivity contribution in [1.82, 2.24) is 10.2 Å². The number of carbonyl (C=O) groups is 2. The molecule has 1 heterocycles. The molecule has 28 heavy (non-hydrogen) atoms. The van der Waals surface area contributed by atoms with Crippen molar-refractivity contribution in [3.05, 3.63) is 58.6 Å². The number of sulfone groups is 1. The molecule has 7 nitrogen and oxygen atoms in total. The zero-order valence-corrected chi connectivity index (χ0v) is 17.7. The Morgan fingerprint density at radius 1 is 1.07 bits per heavy atom. The van der Waals surface area contributed by atoms with E-state index in [0.29, 0.717) is 11.3 Å². The van der Waals surface area contributed by atoms with E-state index in [1.165, 1.54) is 19.2 Å². The highest BCUT2D eigenvalue weighted by Crippen LogP contribution is 2.30. The van der Waals surface area contributed by atoms with Crippen molar-refractivity contribution in [2.24, 2.45) is 0 Å². The van der Waals surface area contributed by atoms with Crippen LogP contribution < -0.4 is 10.1 Å². The second-order valence-electron chi connectivity index (χ2n) is 6.51. The lowest BCUT2D eigenvalue weighted by Crippen LogP contribution is -2.41. The van der Waals surface area contributed by atoms with Gasteiger partial charge in [-0.2, -0.15) is 0 Å². The van der Waals surface area contributed by atoms with Gasteiger partial charge < -0.3 is 10.1 Å².